The van der Waals surface area contributed by atoms with Crippen molar-refractivity contribution in [2.45, 2.75) is 85.5 Å². The van der Waals surface area contributed by atoms with Crippen molar-refractivity contribution in [2.75, 3.05) is 0 Å². The topological polar surface area (TPSA) is 34.1 Å². The van der Waals surface area contributed by atoms with Crippen molar-refractivity contribution in [3.63, 3.8) is 0 Å². The fourth-order valence-electron chi connectivity index (χ4n) is 2.06. The van der Waals surface area contributed by atoms with Gasteiger partial charge >= 0.3 is 0 Å². The molecule has 0 heterocycles. The van der Waals surface area contributed by atoms with Crippen molar-refractivity contribution in [1.82, 2.24) is 0 Å². The molecule has 0 spiro atoms. The van der Waals surface area contributed by atoms with Gasteiger partial charge < -0.3 is 0 Å². The number of Topliss-reactive ketones (excluding diaryl/α,β-unsaturated/α-hetero) is 2. The molecule has 0 saturated carbocycles. The molecule has 0 unspecified atom stereocenters. The van der Waals surface area contributed by atoms with E-state index in [0.717, 1.165) is 31.6 Å². The first-order valence-corrected chi connectivity index (χ1v) is 7.95. The van der Waals surface area contributed by atoms with Gasteiger partial charge in [0.25, 0.3) is 0 Å². The third-order valence-electron chi connectivity index (χ3n) is 3.40. The second-order valence-corrected chi connectivity index (χ2v) is 6.50. The highest BCUT2D eigenvalue weighted by Crippen LogP contribution is 2.11. The molecule has 0 fully saturated rings. The van der Waals surface area contributed by atoms with Crippen molar-refractivity contribution < 1.29 is 9.59 Å². The third kappa shape index (κ3) is 13.6. The number of unbranched alkanes of at least 4 members (excludes halogenated alkanes) is 1. The Kier molecular flexibility index (Phi) is 10.8. The van der Waals surface area contributed by atoms with E-state index in [1.807, 2.05) is 0 Å². The molecule has 0 aromatic rings. The molecule has 0 aliphatic carbocycles. The van der Waals surface area contributed by atoms with Gasteiger partial charge in [0.05, 0.1) is 0 Å². The van der Waals surface area contributed by atoms with E-state index in [2.05, 4.69) is 27.7 Å². The Morgan fingerprint density at radius 1 is 0.632 bits per heavy atom. The molecule has 0 aliphatic heterocycles. The number of hydrogen-bond donors (Lipinski definition) is 0. The maximum absolute atomic E-state index is 11.6. The number of rotatable bonds is 12. The van der Waals surface area contributed by atoms with Crippen LogP contribution in [0.15, 0.2) is 0 Å². The van der Waals surface area contributed by atoms with Crippen LogP contribution in [0.4, 0.5) is 0 Å². The number of carbonyl (C=O) groups is 2. The molecule has 0 aromatic carbocycles. The van der Waals surface area contributed by atoms with Crippen LogP contribution in [0.2, 0.25) is 0 Å². The molecule has 0 saturated heterocycles. The van der Waals surface area contributed by atoms with E-state index in [4.69, 9.17) is 0 Å². The highest BCUT2D eigenvalue weighted by atomic mass is 16.1. The van der Waals surface area contributed by atoms with Gasteiger partial charge in [0.15, 0.2) is 0 Å². The van der Waals surface area contributed by atoms with Crippen LogP contribution in [0.1, 0.15) is 85.5 Å². The van der Waals surface area contributed by atoms with Crippen LogP contribution >= 0.6 is 0 Å². The highest BCUT2D eigenvalue weighted by molar-refractivity contribution is 5.81. The molecule has 0 N–H and O–H groups in total. The minimum atomic E-state index is 0.321. The Labute approximate surface area is 119 Å². The Morgan fingerprint density at radius 3 is 1.63 bits per heavy atom. The summed E-state index contributed by atoms with van der Waals surface area (Å²) in [5.41, 5.74) is 0. The molecule has 0 aliphatic rings. The lowest BCUT2D eigenvalue weighted by atomic mass is 10.00. The average Bonchev–Trinajstić information content (AvgIpc) is 2.32. The molecule has 0 bridgehead atoms. The Balaban J connectivity index is 3.45. The zero-order valence-corrected chi connectivity index (χ0v) is 13.3. The summed E-state index contributed by atoms with van der Waals surface area (Å²) in [5, 5.41) is 0. The predicted octanol–water partition coefficient (Wildman–Crippen LogP) is 4.95. The first-order chi connectivity index (χ1) is 8.91. The summed E-state index contributed by atoms with van der Waals surface area (Å²) in [6, 6.07) is 0. The summed E-state index contributed by atoms with van der Waals surface area (Å²) in [4.78, 5) is 23.2. The van der Waals surface area contributed by atoms with E-state index in [1.165, 1.54) is 6.42 Å². The van der Waals surface area contributed by atoms with Crippen molar-refractivity contribution in [3.8, 4) is 0 Å². The van der Waals surface area contributed by atoms with Gasteiger partial charge in [-0.2, -0.15) is 0 Å². The van der Waals surface area contributed by atoms with Gasteiger partial charge in [-0.1, -0.05) is 40.5 Å². The third-order valence-corrected chi connectivity index (χ3v) is 3.40. The monoisotopic (exact) mass is 268 g/mol. The molecule has 0 atom stereocenters. The van der Waals surface area contributed by atoms with Gasteiger partial charge in [-0.3, -0.25) is 9.59 Å². The van der Waals surface area contributed by atoms with Crippen molar-refractivity contribution >= 4 is 11.6 Å². The van der Waals surface area contributed by atoms with Crippen LogP contribution < -0.4 is 0 Å². The molecule has 2 heteroatoms. The van der Waals surface area contributed by atoms with Gasteiger partial charge in [0, 0.05) is 25.7 Å². The number of ketones is 2. The first-order valence-electron chi connectivity index (χ1n) is 7.95. The molecule has 112 valence electrons. The van der Waals surface area contributed by atoms with Crippen molar-refractivity contribution in [3.05, 3.63) is 0 Å². The SMILES string of the molecule is CC(C)CCCCC(=O)CCCC(=O)CCC(C)C. The summed E-state index contributed by atoms with van der Waals surface area (Å²) in [6.45, 7) is 8.69. The minimum absolute atomic E-state index is 0.321. The quantitative estimate of drug-likeness (QED) is 0.469. The summed E-state index contributed by atoms with van der Waals surface area (Å²) in [5.74, 6) is 1.97. The van der Waals surface area contributed by atoms with E-state index in [1.54, 1.807) is 0 Å². The molecule has 2 nitrogen and oxygen atoms in total. The minimum Gasteiger partial charge on any atom is -0.300 e. The lowest BCUT2D eigenvalue weighted by molar-refractivity contribution is -0.120. The van der Waals surface area contributed by atoms with Gasteiger partial charge in [-0.25, -0.2) is 0 Å². The summed E-state index contributed by atoms with van der Waals surface area (Å²) in [7, 11) is 0. The molecular weight excluding hydrogens is 236 g/mol. The second kappa shape index (κ2) is 11.2. The van der Waals surface area contributed by atoms with E-state index in [0.29, 0.717) is 43.2 Å². The van der Waals surface area contributed by atoms with E-state index < -0.39 is 0 Å². The lowest BCUT2D eigenvalue weighted by Crippen LogP contribution is -2.03. The van der Waals surface area contributed by atoms with Crippen molar-refractivity contribution in [2.24, 2.45) is 11.8 Å². The number of hydrogen-bond acceptors (Lipinski definition) is 2. The zero-order chi connectivity index (χ0) is 14.7. The Morgan fingerprint density at radius 2 is 1.11 bits per heavy atom. The van der Waals surface area contributed by atoms with Gasteiger partial charge in [-0.15, -0.1) is 0 Å². The molecular formula is C17H32O2. The predicted molar refractivity (Wildman–Crippen MR) is 81.2 cm³/mol. The second-order valence-electron chi connectivity index (χ2n) is 6.50. The molecule has 0 amide bonds. The Bertz CT molecular complexity index is 254. The van der Waals surface area contributed by atoms with Gasteiger partial charge in [-0.05, 0) is 31.1 Å². The fraction of sp³-hybridized carbons (Fsp3) is 0.882. The van der Waals surface area contributed by atoms with Gasteiger partial charge in [0.2, 0.25) is 0 Å². The van der Waals surface area contributed by atoms with Gasteiger partial charge in [0.1, 0.15) is 11.6 Å². The normalized spacial score (nSPS) is 11.3. The summed E-state index contributed by atoms with van der Waals surface area (Å²) < 4.78 is 0. The van der Waals surface area contributed by atoms with Crippen LogP contribution in [-0.2, 0) is 9.59 Å². The van der Waals surface area contributed by atoms with E-state index in [9.17, 15) is 9.59 Å². The fourth-order valence-corrected chi connectivity index (χ4v) is 2.06. The number of carbonyl (C=O) groups excluding carboxylic acids is 2. The van der Waals surface area contributed by atoms with Crippen LogP contribution in [0, 0.1) is 11.8 Å². The van der Waals surface area contributed by atoms with Crippen LogP contribution in [-0.4, -0.2) is 11.6 Å². The van der Waals surface area contributed by atoms with E-state index >= 15 is 0 Å². The highest BCUT2D eigenvalue weighted by Gasteiger charge is 2.07. The standard InChI is InChI=1S/C17H32O2/c1-14(2)8-5-6-9-16(18)10-7-11-17(19)13-12-15(3)4/h14-15H,5-13H2,1-4H3. The largest absolute Gasteiger partial charge is 0.300 e. The van der Waals surface area contributed by atoms with Crippen LogP contribution in [0.25, 0.3) is 0 Å². The zero-order valence-electron chi connectivity index (χ0n) is 13.3. The molecule has 19 heavy (non-hydrogen) atoms. The lowest BCUT2D eigenvalue weighted by Gasteiger charge is -2.05. The molecule has 0 aromatic heterocycles. The van der Waals surface area contributed by atoms with Crippen LogP contribution in [0.5, 0.6) is 0 Å². The average molecular weight is 268 g/mol. The molecule has 0 radical (unpaired) electrons. The molecule has 0 rings (SSSR count). The van der Waals surface area contributed by atoms with Crippen LogP contribution in [0.3, 0.4) is 0 Å². The maximum Gasteiger partial charge on any atom is 0.132 e. The smallest absolute Gasteiger partial charge is 0.132 e. The first kappa shape index (κ1) is 18.3. The summed E-state index contributed by atoms with van der Waals surface area (Å²) in [6.07, 6.45) is 7.66. The van der Waals surface area contributed by atoms with E-state index in [-0.39, 0.29) is 0 Å². The summed E-state index contributed by atoms with van der Waals surface area (Å²) >= 11 is 0. The maximum atomic E-state index is 11.6. The van der Waals surface area contributed by atoms with Crippen molar-refractivity contribution in [1.29, 1.82) is 0 Å². The Hall–Kier alpha value is -0.660.